The number of hydrogen-bond acceptors (Lipinski definition) is 4. The lowest BCUT2D eigenvalue weighted by Crippen LogP contribution is -2.44. The summed E-state index contributed by atoms with van der Waals surface area (Å²) < 4.78 is 25.2. The molecule has 1 heterocycles. The van der Waals surface area contributed by atoms with E-state index in [0.717, 1.165) is 6.54 Å². The molecular formula is C17H34ClN3O3S. The topological polar surface area (TPSA) is 78.5 Å². The van der Waals surface area contributed by atoms with E-state index in [0.29, 0.717) is 38.5 Å². The first-order chi connectivity index (χ1) is 11.5. The Balaban J connectivity index is 0.00000312. The van der Waals surface area contributed by atoms with E-state index in [-0.39, 0.29) is 30.0 Å². The van der Waals surface area contributed by atoms with E-state index in [1.54, 1.807) is 6.92 Å². The molecule has 0 spiro atoms. The van der Waals surface area contributed by atoms with Crippen molar-refractivity contribution < 1.29 is 13.2 Å². The highest BCUT2D eigenvalue weighted by atomic mass is 35.5. The van der Waals surface area contributed by atoms with Crippen LogP contribution in [0.5, 0.6) is 0 Å². The van der Waals surface area contributed by atoms with E-state index in [2.05, 4.69) is 10.6 Å². The molecule has 148 valence electrons. The zero-order valence-electron chi connectivity index (χ0n) is 15.3. The first kappa shape index (κ1) is 22.7. The van der Waals surface area contributed by atoms with Crippen molar-refractivity contribution in [2.75, 3.05) is 31.9 Å². The second-order valence-electron chi connectivity index (χ2n) is 7.01. The number of hydrogen-bond donors (Lipinski definition) is 2. The maximum atomic E-state index is 12.2. The van der Waals surface area contributed by atoms with Crippen molar-refractivity contribution in [3.05, 3.63) is 0 Å². The summed E-state index contributed by atoms with van der Waals surface area (Å²) in [6.07, 6.45) is 9.06. The Hall–Kier alpha value is -0.370. The SMILES string of the molecule is CCS(=O)(=O)N1CCC(C(=O)NCCNC2CCCCCC2)CC1.Cl. The van der Waals surface area contributed by atoms with Gasteiger partial charge in [0.2, 0.25) is 15.9 Å². The molecule has 2 N–H and O–H groups in total. The fraction of sp³-hybridized carbons (Fsp3) is 0.941. The average molecular weight is 396 g/mol. The van der Waals surface area contributed by atoms with Crippen molar-refractivity contribution in [3.63, 3.8) is 0 Å². The van der Waals surface area contributed by atoms with Crippen LogP contribution in [0, 0.1) is 5.92 Å². The normalized spacial score (nSPS) is 21.3. The summed E-state index contributed by atoms with van der Waals surface area (Å²) in [5.41, 5.74) is 0. The molecule has 1 saturated carbocycles. The van der Waals surface area contributed by atoms with E-state index >= 15 is 0 Å². The fourth-order valence-corrected chi connectivity index (χ4v) is 4.80. The van der Waals surface area contributed by atoms with Crippen LogP contribution in [-0.2, 0) is 14.8 Å². The number of piperidine rings is 1. The van der Waals surface area contributed by atoms with Gasteiger partial charge in [-0.2, -0.15) is 0 Å². The monoisotopic (exact) mass is 395 g/mol. The van der Waals surface area contributed by atoms with Crippen molar-refractivity contribution in [1.29, 1.82) is 0 Å². The van der Waals surface area contributed by atoms with Gasteiger partial charge in [0.15, 0.2) is 0 Å². The standard InChI is InChI=1S/C17H33N3O3S.ClH/c1-2-24(22,23)20-13-9-15(10-14-20)17(21)19-12-11-18-16-7-5-3-4-6-8-16;/h15-16,18H,2-14H2,1H3,(H,19,21);1H. The van der Waals surface area contributed by atoms with Crippen LogP contribution >= 0.6 is 12.4 Å². The predicted molar refractivity (Wildman–Crippen MR) is 104 cm³/mol. The van der Waals surface area contributed by atoms with Crippen molar-refractivity contribution in [2.24, 2.45) is 5.92 Å². The minimum Gasteiger partial charge on any atom is -0.355 e. The molecule has 2 aliphatic rings. The Morgan fingerprint density at radius 2 is 1.60 bits per heavy atom. The smallest absolute Gasteiger partial charge is 0.223 e. The third-order valence-electron chi connectivity index (χ3n) is 5.30. The third-order valence-corrected chi connectivity index (χ3v) is 7.18. The molecule has 0 bridgehead atoms. The van der Waals surface area contributed by atoms with Gasteiger partial charge < -0.3 is 10.6 Å². The number of nitrogens with zero attached hydrogens (tertiary/aromatic N) is 1. The largest absolute Gasteiger partial charge is 0.355 e. The summed E-state index contributed by atoms with van der Waals surface area (Å²) in [4.78, 5) is 12.2. The molecule has 2 rings (SSSR count). The summed E-state index contributed by atoms with van der Waals surface area (Å²) in [7, 11) is -3.12. The Bertz CT molecular complexity index is 485. The number of carbonyl (C=O) groups excluding carboxylic acids is 1. The Kier molecular flexibility index (Phi) is 10.3. The molecule has 0 radical (unpaired) electrons. The van der Waals surface area contributed by atoms with Crippen LogP contribution in [0.25, 0.3) is 0 Å². The van der Waals surface area contributed by atoms with Gasteiger partial charge in [0.05, 0.1) is 5.75 Å². The van der Waals surface area contributed by atoms with Crippen molar-refractivity contribution in [2.45, 2.75) is 64.3 Å². The van der Waals surface area contributed by atoms with Gasteiger partial charge in [-0.1, -0.05) is 25.7 Å². The van der Waals surface area contributed by atoms with Crippen LogP contribution in [0.4, 0.5) is 0 Å². The molecule has 0 unspecified atom stereocenters. The Morgan fingerprint density at radius 1 is 1.00 bits per heavy atom. The van der Waals surface area contributed by atoms with Crippen molar-refractivity contribution in [3.8, 4) is 0 Å². The minimum atomic E-state index is -3.12. The molecule has 1 saturated heterocycles. The molecule has 2 fully saturated rings. The number of amides is 1. The molecule has 0 aromatic rings. The van der Waals surface area contributed by atoms with Crippen LogP contribution in [-0.4, -0.2) is 56.6 Å². The van der Waals surface area contributed by atoms with Gasteiger partial charge in [-0.25, -0.2) is 12.7 Å². The van der Waals surface area contributed by atoms with Gasteiger partial charge in [0.25, 0.3) is 0 Å². The van der Waals surface area contributed by atoms with E-state index in [1.807, 2.05) is 0 Å². The van der Waals surface area contributed by atoms with Gasteiger partial charge in [0.1, 0.15) is 0 Å². The van der Waals surface area contributed by atoms with Crippen molar-refractivity contribution >= 4 is 28.3 Å². The minimum absolute atomic E-state index is 0. The third kappa shape index (κ3) is 7.41. The van der Waals surface area contributed by atoms with Gasteiger partial charge in [-0.15, -0.1) is 12.4 Å². The molecule has 0 atom stereocenters. The lowest BCUT2D eigenvalue weighted by Gasteiger charge is -2.30. The molecule has 0 aromatic heterocycles. The van der Waals surface area contributed by atoms with Crippen LogP contribution in [0.1, 0.15) is 58.3 Å². The molecule has 1 aliphatic heterocycles. The van der Waals surface area contributed by atoms with E-state index < -0.39 is 10.0 Å². The molecule has 8 heteroatoms. The highest BCUT2D eigenvalue weighted by Gasteiger charge is 2.29. The Labute approximate surface area is 159 Å². The average Bonchev–Trinajstić information content (AvgIpc) is 2.87. The number of sulfonamides is 1. The van der Waals surface area contributed by atoms with Crippen LogP contribution < -0.4 is 10.6 Å². The number of halogens is 1. The second-order valence-corrected chi connectivity index (χ2v) is 9.27. The quantitative estimate of drug-likeness (QED) is 0.509. The van der Waals surface area contributed by atoms with E-state index in [4.69, 9.17) is 0 Å². The number of nitrogens with one attached hydrogen (secondary N) is 2. The molecule has 1 amide bonds. The van der Waals surface area contributed by atoms with Gasteiger partial charge in [-0.3, -0.25) is 4.79 Å². The summed E-state index contributed by atoms with van der Waals surface area (Å²) in [5, 5.41) is 6.56. The zero-order chi connectivity index (χ0) is 17.4. The molecule has 1 aliphatic carbocycles. The summed E-state index contributed by atoms with van der Waals surface area (Å²) in [5.74, 6) is 0.161. The molecule has 25 heavy (non-hydrogen) atoms. The lowest BCUT2D eigenvalue weighted by atomic mass is 9.97. The first-order valence-corrected chi connectivity index (χ1v) is 11.1. The zero-order valence-corrected chi connectivity index (χ0v) is 17.0. The van der Waals surface area contributed by atoms with Gasteiger partial charge >= 0.3 is 0 Å². The van der Waals surface area contributed by atoms with Gasteiger partial charge in [0, 0.05) is 38.1 Å². The van der Waals surface area contributed by atoms with E-state index in [9.17, 15) is 13.2 Å². The summed E-state index contributed by atoms with van der Waals surface area (Å²) in [6, 6.07) is 0.604. The number of rotatable bonds is 7. The predicted octanol–water partition coefficient (Wildman–Crippen LogP) is 1.90. The second kappa shape index (κ2) is 11.4. The van der Waals surface area contributed by atoms with E-state index in [1.165, 1.54) is 42.8 Å². The first-order valence-electron chi connectivity index (χ1n) is 9.52. The van der Waals surface area contributed by atoms with Crippen LogP contribution in [0.15, 0.2) is 0 Å². The molecular weight excluding hydrogens is 362 g/mol. The highest BCUT2D eigenvalue weighted by Crippen LogP contribution is 2.20. The van der Waals surface area contributed by atoms with Crippen LogP contribution in [0.3, 0.4) is 0 Å². The molecule has 6 nitrogen and oxygen atoms in total. The van der Waals surface area contributed by atoms with Crippen molar-refractivity contribution in [1.82, 2.24) is 14.9 Å². The van der Waals surface area contributed by atoms with Gasteiger partial charge in [-0.05, 0) is 32.6 Å². The maximum absolute atomic E-state index is 12.2. The highest BCUT2D eigenvalue weighted by molar-refractivity contribution is 7.89. The maximum Gasteiger partial charge on any atom is 0.223 e. The fourth-order valence-electron chi connectivity index (χ4n) is 3.67. The molecule has 0 aromatic carbocycles. The van der Waals surface area contributed by atoms with Crippen LogP contribution in [0.2, 0.25) is 0 Å². The number of carbonyl (C=O) groups is 1. The lowest BCUT2D eigenvalue weighted by molar-refractivity contribution is -0.126. The Morgan fingerprint density at radius 3 is 2.16 bits per heavy atom. The summed E-state index contributed by atoms with van der Waals surface area (Å²) >= 11 is 0. The summed E-state index contributed by atoms with van der Waals surface area (Å²) in [6.45, 7) is 4.07.